The molecule has 2 aliphatic heterocycles. The van der Waals surface area contributed by atoms with E-state index in [1.165, 1.54) is 5.56 Å². The maximum atomic E-state index is 12.8. The smallest absolute Gasteiger partial charge is 0.257 e. The fourth-order valence-electron chi connectivity index (χ4n) is 3.74. The molecule has 2 aliphatic rings. The lowest BCUT2D eigenvalue weighted by Crippen LogP contribution is -2.33. The molecule has 1 N–H and O–H groups in total. The number of anilines is 1. The molecule has 6 nitrogen and oxygen atoms in total. The van der Waals surface area contributed by atoms with Crippen molar-refractivity contribution in [1.29, 1.82) is 0 Å². The first-order valence-corrected chi connectivity index (χ1v) is 9.29. The number of carbonyl (C=O) groups excluding carboxylic acids is 1. The molecule has 6 heteroatoms. The molecule has 0 spiro atoms. The van der Waals surface area contributed by atoms with Gasteiger partial charge in [0, 0.05) is 37.6 Å². The number of nitrogens with one attached hydrogen (secondary N) is 1. The highest BCUT2D eigenvalue weighted by atomic mass is 16.5. The Hall–Kier alpha value is -2.47. The van der Waals surface area contributed by atoms with E-state index in [1.807, 2.05) is 41.6 Å². The summed E-state index contributed by atoms with van der Waals surface area (Å²) < 4.78 is 5.71. The Morgan fingerprint density at radius 1 is 1.15 bits per heavy atom. The number of rotatable bonds is 5. The molecule has 0 radical (unpaired) electrons. The van der Waals surface area contributed by atoms with E-state index in [-0.39, 0.29) is 11.9 Å². The quantitative estimate of drug-likeness (QED) is 0.895. The van der Waals surface area contributed by atoms with E-state index in [9.17, 15) is 4.79 Å². The second kappa shape index (κ2) is 7.83. The van der Waals surface area contributed by atoms with Crippen LogP contribution in [0.15, 0.2) is 42.9 Å². The van der Waals surface area contributed by atoms with Crippen molar-refractivity contribution < 1.29 is 9.53 Å². The summed E-state index contributed by atoms with van der Waals surface area (Å²) in [5.74, 6) is 1.08. The number of nitrogens with zero attached hydrogens (tertiary/aromatic N) is 3. The second-order valence-electron chi connectivity index (χ2n) is 7.01. The summed E-state index contributed by atoms with van der Waals surface area (Å²) in [4.78, 5) is 23.3. The number of carbonyl (C=O) groups is 1. The van der Waals surface area contributed by atoms with Crippen molar-refractivity contribution in [1.82, 2.24) is 14.9 Å². The molecule has 2 saturated heterocycles. The van der Waals surface area contributed by atoms with E-state index >= 15 is 0 Å². The summed E-state index contributed by atoms with van der Waals surface area (Å²) in [6.07, 6.45) is 8.45. The van der Waals surface area contributed by atoms with E-state index in [1.54, 1.807) is 6.20 Å². The Balaban J connectivity index is 1.48. The molecule has 0 aromatic carbocycles. The van der Waals surface area contributed by atoms with Crippen LogP contribution in [0.25, 0.3) is 0 Å². The summed E-state index contributed by atoms with van der Waals surface area (Å²) >= 11 is 0. The highest BCUT2D eigenvalue weighted by Gasteiger charge is 2.30. The minimum absolute atomic E-state index is 0.0719. The van der Waals surface area contributed by atoms with Crippen LogP contribution in [0, 0.1) is 5.92 Å². The van der Waals surface area contributed by atoms with Gasteiger partial charge >= 0.3 is 0 Å². The third kappa shape index (κ3) is 3.70. The molecule has 0 unspecified atom stereocenters. The summed E-state index contributed by atoms with van der Waals surface area (Å²) in [6.45, 7) is 3.01. The van der Waals surface area contributed by atoms with Crippen molar-refractivity contribution in [2.24, 2.45) is 5.92 Å². The highest BCUT2D eigenvalue weighted by Crippen LogP contribution is 2.24. The summed E-state index contributed by atoms with van der Waals surface area (Å²) in [6, 6.07) is 7.91. The fraction of sp³-hybridized carbons (Fsp3) is 0.450. The third-order valence-corrected chi connectivity index (χ3v) is 5.20. The molecule has 0 bridgehead atoms. The molecule has 2 aromatic rings. The Morgan fingerprint density at radius 3 is 2.77 bits per heavy atom. The lowest BCUT2D eigenvalue weighted by molar-refractivity contribution is 0.0793. The van der Waals surface area contributed by atoms with Gasteiger partial charge < -0.3 is 15.0 Å². The number of amides is 1. The van der Waals surface area contributed by atoms with Gasteiger partial charge in [0.15, 0.2) is 0 Å². The minimum atomic E-state index is 0.0719. The molecule has 2 aromatic heterocycles. The molecule has 2 fully saturated rings. The molecule has 4 rings (SSSR count). The monoisotopic (exact) mass is 352 g/mol. The lowest BCUT2D eigenvalue weighted by atomic mass is 9.95. The van der Waals surface area contributed by atoms with Gasteiger partial charge in [-0.2, -0.15) is 0 Å². The van der Waals surface area contributed by atoms with Gasteiger partial charge in [-0.3, -0.25) is 9.78 Å². The molecule has 136 valence electrons. The molecule has 26 heavy (non-hydrogen) atoms. The molecular weight excluding hydrogens is 328 g/mol. The van der Waals surface area contributed by atoms with Gasteiger partial charge in [-0.05, 0) is 49.1 Å². The Morgan fingerprint density at radius 2 is 1.96 bits per heavy atom. The van der Waals surface area contributed by atoms with Crippen LogP contribution >= 0.6 is 0 Å². The van der Waals surface area contributed by atoms with Crippen molar-refractivity contribution in [3.63, 3.8) is 0 Å². The Bertz CT molecular complexity index is 746. The Kier molecular flexibility index (Phi) is 5.11. The van der Waals surface area contributed by atoms with Crippen LogP contribution < -0.4 is 5.32 Å². The zero-order valence-electron chi connectivity index (χ0n) is 14.8. The molecule has 4 heterocycles. The van der Waals surface area contributed by atoms with E-state index in [0.29, 0.717) is 30.5 Å². The van der Waals surface area contributed by atoms with E-state index in [2.05, 4.69) is 15.3 Å². The van der Waals surface area contributed by atoms with E-state index in [0.717, 1.165) is 32.4 Å². The second-order valence-corrected chi connectivity index (χ2v) is 7.01. The first-order chi connectivity index (χ1) is 12.8. The third-order valence-electron chi connectivity index (χ3n) is 5.20. The van der Waals surface area contributed by atoms with Gasteiger partial charge in [0.05, 0.1) is 24.8 Å². The zero-order valence-corrected chi connectivity index (χ0v) is 14.8. The van der Waals surface area contributed by atoms with Crippen LogP contribution in [0.5, 0.6) is 0 Å². The fourth-order valence-corrected chi connectivity index (χ4v) is 3.74. The van der Waals surface area contributed by atoms with Gasteiger partial charge in [0.2, 0.25) is 0 Å². The van der Waals surface area contributed by atoms with Crippen LogP contribution in [-0.2, 0) is 11.2 Å². The summed E-state index contributed by atoms with van der Waals surface area (Å²) in [5, 5.41) is 3.48. The van der Waals surface area contributed by atoms with Gasteiger partial charge in [0.1, 0.15) is 5.82 Å². The zero-order chi connectivity index (χ0) is 17.8. The minimum Gasteiger partial charge on any atom is -0.379 e. The molecule has 0 aliphatic carbocycles. The van der Waals surface area contributed by atoms with Gasteiger partial charge in [-0.25, -0.2) is 4.98 Å². The first-order valence-electron chi connectivity index (χ1n) is 9.29. The Labute approximate surface area is 153 Å². The van der Waals surface area contributed by atoms with Crippen molar-refractivity contribution in [2.45, 2.75) is 25.3 Å². The number of hydrogen-bond acceptors (Lipinski definition) is 5. The summed E-state index contributed by atoms with van der Waals surface area (Å²) in [7, 11) is 0. The van der Waals surface area contributed by atoms with Crippen LogP contribution in [0.2, 0.25) is 0 Å². The average molecular weight is 352 g/mol. The van der Waals surface area contributed by atoms with Crippen molar-refractivity contribution >= 4 is 11.7 Å². The van der Waals surface area contributed by atoms with Crippen molar-refractivity contribution in [3.05, 3.63) is 54.0 Å². The number of hydrogen-bond donors (Lipinski definition) is 1. The number of likely N-dealkylation sites (tertiary alicyclic amines) is 1. The van der Waals surface area contributed by atoms with Crippen LogP contribution in [0.4, 0.5) is 5.82 Å². The standard InChI is InChI=1S/C20H24N4O2/c25-20(24-10-1-2-11-24)17-4-3-7-22-19(17)23-18-14-26-13-16(18)12-15-5-8-21-9-6-15/h3-9,16,18H,1-2,10-14H2,(H,22,23)/t16-,18+/m1/s1. The molecule has 0 saturated carbocycles. The van der Waals surface area contributed by atoms with Crippen molar-refractivity contribution in [2.75, 3.05) is 31.6 Å². The van der Waals surface area contributed by atoms with Crippen LogP contribution in [-0.4, -0.2) is 53.1 Å². The van der Waals surface area contributed by atoms with Crippen LogP contribution in [0.1, 0.15) is 28.8 Å². The predicted molar refractivity (Wildman–Crippen MR) is 99.0 cm³/mol. The predicted octanol–water partition coefficient (Wildman–Crippen LogP) is 2.38. The number of ether oxygens (including phenoxy) is 1. The van der Waals surface area contributed by atoms with Gasteiger partial charge in [-0.15, -0.1) is 0 Å². The SMILES string of the molecule is O=C(c1cccnc1N[C@H]1COC[C@H]1Cc1ccncc1)N1CCCC1. The van der Waals surface area contributed by atoms with Crippen molar-refractivity contribution in [3.8, 4) is 0 Å². The van der Waals surface area contributed by atoms with E-state index < -0.39 is 0 Å². The number of aromatic nitrogens is 2. The highest BCUT2D eigenvalue weighted by molar-refractivity contribution is 5.98. The molecule has 2 atom stereocenters. The molecule has 1 amide bonds. The largest absolute Gasteiger partial charge is 0.379 e. The van der Waals surface area contributed by atoms with E-state index in [4.69, 9.17) is 4.74 Å². The topological polar surface area (TPSA) is 67.3 Å². The first kappa shape index (κ1) is 17.0. The summed E-state index contributed by atoms with van der Waals surface area (Å²) in [5.41, 5.74) is 1.90. The normalized spacial score (nSPS) is 22.5. The number of pyridine rings is 2. The lowest BCUT2D eigenvalue weighted by Gasteiger charge is -2.22. The van der Waals surface area contributed by atoms with Gasteiger partial charge in [0.25, 0.3) is 5.91 Å². The maximum Gasteiger partial charge on any atom is 0.257 e. The molecular formula is C20H24N4O2. The van der Waals surface area contributed by atoms with Gasteiger partial charge in [-0.1, -0.05) is 0 Å². The van der Waals surface area contributed by atoms with Crippen LogP contribution in [0.3, 0.4) is 0 Å². The average Bonchev–Trinajstić information content (AvgIpc) is 3.35. The maximum absolute atomic E-state index is 12.8.